The minimum Gasteiger partial charge on any atom is -0.497 e. The van der Waals surface area contributed by atoms with Crippen molar-refractivity contribution in [1.82, 2.24) is 10.2 Å². The molecule has 4 amide bonds. The van der Waals surface area contributed by atoms with Crippen molar-refractivity contribution in [3.05, 3.63) is 47.0 Å². The molecule has 1 saturated heterocycles. The molecule has 1 aliphatic rings. The van der Waals surface area contributed by atoms with Gasteiger partial charge in [-0.2, -0.15) is 0 Å². The molecule has 31 heavy (non-hydrogen) atoms. The minimum absolute atomic E-state index is 0.265. The molecule has 2 N–H and O–H groups in total. The zero-order valence-corrected chi connectivity index (χ0v) is 18.2. The normalized spacial score (nSPS) is 17.9. The van der Waals surface area contributed by atoms with Gasteiger partial charge in [-0.05, 0) is 30.7 Å². The zero-order chi connectivity index (χ0) is 22.8. The number of rotatable bonds is 7. The fourth-order valence-electron chi connectivity index (χ4n) is 3.25. The molecule has 0 bridgehead atoms. The molecular formula is C21H22ClN3O6. The van der Waals surface area contributed by atoms with Gasteiger partial charge in [0.2, 0.25) is 5.91 Å². The number of urea groups is 1. The number of methoxy groups -OCH3 is 3. The van der Waals surface area contributed by atoms with E-state index in [1.165, 1.54) is 33.5 Å². The highest BCUT2D eigenvalue weighted by atomic mass is 35.5. The molecule has 1 aliphatic heterocycles. The van der Waals surface area contributed by atoms with Crippen molar-refractivity contribution in [2.75, 3.05) is 33.2 Å². The summed E-state index contributed by atoms with van der Waals surface area (Å²) in [6.45, 7) is 1.10. The van der Waals surface area contributed by atoms with E-state index in [1.807, 2.05) is 0 Å². The van der Waals surface area contributed by atoms with Gasteiger partial charge in [-0.15, -0.1) is 0 Å². The minimum atomic E-state index is -1.30. The number of hydrogen-bond donors (Lipinski definition) is 2. The SMILES string of the molecule is COc1ccc(C2(C)NC(=O)N(CC(=O)Nc3cc(Cl)c(OC)cc3OC)C2=O)cc1. The number of nitrogens with one attached hydrogen (secondary N) is 2. The molecule has 1 fully saturated rings. The van der Waals surface area contributed by atoms with E-state index in [-0.39, 0.29) is 10.7 Å². The largest absolute Gasteiger partial charge is 0.497 e. The lowest BCUT2D eigenvalue weighted by Crippen LogP contribution is -2.42. The molecule has 1 heterocycles. The van der Waals surface area contributed by atoms with Gasteiger partial charge in [-0.3, -0.25) is 14.5 Å². The molecule has 0 aromatic heterocycles. The summed E-state index contributed by atoms with van der Waals surface area (Å²) in [6.07, 6.45) is 0. The first-order valence-corrected chi connectivity index (χ1v) is 9.61. The Morgan fingerprint density at radius 3 is 2.29 bits per heavy atom. The zero-order valence-electron chi connectivity index (χ0n) is 17.4. The van der Waals surface area contributed by atoms with Crippen LogP contribution in [0.4, 0.5) is 10.5 Å². The second kappa shape index (κ2) is 8.73. The molecule has 10 heteroatoms. The van der Waals surface area contributed by atoms with Gasteiger partial charge in [0.05, 0.1) is 32.0 Å². The molecule has 1 atom stereocenters. The molecular weight excluding hydrogens is 426 g/mol. The van der Waals surface area contributed by atoms with Crippen molar-refractivity contribution < 1.29 is 28.6 Å². The smallest absolute Gasteiger partial charge is 0.325 e. The molecule has 0 radical (unpaired) electrons. The third-order valence-corrected chi connectivity index (χ3v) is 5.29. The third-order valence-electron chi connectivity index (χ3n) is 4.99. The average molecular weight is 448 g/mol. The Hall–Kier alpha value is -3.46. The number of amides is 4. The summed E-state index contributed by atoms with van der Waals surface area (Å²) in [5.74, 6) is 0.169. The van der Waals surface area contributed by atoms with Crippen molar-refractivity contribution >= 4 is 35.1 Å². The number of hydrogen-bond acceptors (Lipinski definition) is 6. The van der Waals surface area contributed by atoms with Crippen LogP contribution in [0.3, 0.4) is 0 Å². The number of anilines is 1. The first-order chi connectivity index (χ1) is 14.7. The Labute approximate surface area is 184 Å². The lowest BCUT2D eigenvalue weighted by molar-refractivity contribution is -0.133. The Morgan fingerprint density at radius 2 is 1.71 bits per heavy atom. The molecule has 3 rings (SSSR count). The quantitative estimate of drug-likeness (QED) is 0.632. The molecule has 164 valence electrons. The Bertz CT molecular complexity index is 1030. The summed E-state index contributed by atoms with van der Waals surface area (Å²) in [6, 6.07) is 9.06. The van der Waals surface area contributed by atoms with Crippen LogP contribution in [0, 0.1) is 0 Å². The molecule has 0 aliphatic carbocycles. The van der Waals surface area contributed by atoms with Crippen LogP contribution in [0.25, 0.3) is 0 Å². The lowest BCUT2D eigenvalue weighted by Gasteiger charge is -2.22. The average Bonchev–Trinajstić information content (AvgIpc) is 2.97. The monoisotopic (exact) mass is 447 g/mol. The van der Waals surface area contributed by atoms with Gasteiger partial charge >= 0.3 is 6.03 Å². The van der Waals surface area contributed by atoms with Crippen LogP contribution in [-0.2, 0) is 15.1 Å². The number of halogens is 1. The molecule has 2 aromatic carbocycles. The van der Waals surface area contributed by atoms with Gasteiger partial charge in [0.25, 0.3) is 5.91 Å². The van der Waals surface area contributed by atoms with Crippen LogP contribution < -0.4 is 24.8 Å². The van der Waals surface area contributed by atoms with Gasteiger partial charge in [-0.1, -0.05) is 23.7 Å². The van der Waals surface area contributed by atoms with Crippen LogP contribution in [0.2, 0.25) is 5.02 Å². The first kappa shape index (κ1) is 22.2. The molecule has 2 aromatic rings. The molecule has 1 unspecified atom stereocenters. The van der Waals surface area contributed by atoms with E-state index in [1.54, 1.807) is 31.2 Å². The summed E-state index contributed by atoms with van der Waals surface area (Å²) in [4.78, 5) is 38.9. The number of ether oxygens (including phenoxy) is 3. The molecule has 0 spiro atoms. The number of benzene rings is 2. The van der Waals surface area contributed by atoms with E-state index in [9.17, 15) is 14.4 Å². The van der Waals surface area contributed by atoms with Gasteiger partial charge in [0, 0.05) is 6.07 Å². The summed E-state index contributed by atoms with van der Waals surface area (Å²) in [7, 11) is 4.41. The Morgan fingerprint density at radius 1 is 1.06 bits per heavy atom. The van der Waals surface area contributed by atoms with E-state index in [0.717, 1.165) is 4.90 Å². The van der Waals surface area contributed by atoms with Crippen LogP contribution in [0.1, 0.15) is 12.5 Å². The molecule has 9 nitrogen and oxygen atoms in total. The van der Waals surface area contributed by atoms with E-state index in [4.69, 9.17) is 25.8 Å². The van der Waals surface area contributed by atoms with Crippen LogP contribution in [0.15, 0.2) is 36.4 Å². The van der Waals surface area contributed by atoms with Crippen molar-refractivity contribution in [3.8, 4) is 17.2 Å². The summed E-state index contributed by atoms with van der Waals surface area (Å²) < 4.78 is 15.5. The summed E-state index contributed by atoms with van der Waals surface area (Å²) in [5.41, 5.74) is -0.452. The number of carbonyl (C=O) groups is 3. The van der Waals surface area contributed by atoms with Gasteiger partial charge in [0.1, 0.15) is 29.3 Å². The fourth-order valence-corrected chi connectivity index (χ4v) is 3.49. The standard InChI is InChI=1S/C21H22ClN3O6/c1-21(12-5-7-13(29-2)8-6-12)19(27)25(20(28)24-21)11-18(26)23-15-9-14(22)16(30-3)10-17(15)31-4/h5-10H,11H2,1-4H3,(H,23,26)(H,24,28). The van der Waals surface area contributed by atoms with Crippen molar-refractivity contribution in [2.45, 2.75) is 12.5 Å². The third kappa shape index (κ3) is 4.22. The maximum absolute atomic E-state index is 13.0. The van der Waals surface area contributed by atoms with Crippen molar-refractivity contribution in [2.24, 2.45) is 0 Å². The van der Waals surface area contributed by atoms with Gasteiger partial charge in [-0.25, -0.2) is 4.79 Å². The van der Waals surface area contributed by atoms with Crippen LogP contribution in [-0.4, -0.2) is 50.6 Å². The van der Waals surface area contributed by atoms with E-state index >= 15 is 0 Å². The second-order valence-electron chi connectivity index (χ2n) is 6.91. The molecule has 0 saturated carbocycles. The lowest BCUT2D eigenvalue weighted by atomic mass is 9.92. The predicted octanol–water partition coefficient (Wildman–Crippen LogP) is 2.77. The Kier molecular flexibility index (Phi) is 6.26. The fraction of sp³-hybridized carbons (Fsp3) is 0.286. The number of carbonyl (C=O) groups excluding carboxylic acids is 3. The highest BCUT2D eigenvalue weighted by Crippen LogP contribution is 2.36. The first-order valence-electron chi connectivity index (χ1n) is 9.23. The van der Waals surface area contributed by atoms with Crippen LogP contribution in [0.5, 0.6) is 17.2 Å². The van der Waals surface area contributed by atoms with Crippen molar-refractivity contribution in [3.63, 3.8) is 0 Å². The number of imide groups is 1. The maximum atomic E-state index is 13.0. The maximum Gasteiger partial charge on any atom is 0.325 e. The van der Waals surface area contributed by atoms with E-state index < -0.39 is 29.9 Å². The second-order valence-corrected chi connectivity index (χ2v) is 7.32. The van der Waals surface area contributed by atoms with Gasteiger partial charge in [0.15, 0.2) is 0 Å². The summed E-state index contributed by atoms with van der Waals surface area (Å²) in [5, 5.41) is 5.53. The predicted molar refractivity (Wildman–Crippen MR) is 114 cm³/mol. The highest BCUT2D eigenvalue weighted by molar-refractivity contribution is 6.32. The highest BCUT2D eigenvalue weighted by Gasteiger charge is 2.49. The van der Waals surface area contributed by atoms with Gasteiger partial charge < -0.3 is 24.8 Å². The Balaban J connectivity index is 1.77. The van der Waals surface area contributed by atoms with Crippen LogP contribution >= 0.6 is 11.6 Å². The van der Waals surface area contributed by atoms with E-state index in [0.29, 0.717) is 22.8 Å². The number of nitrogens with zero attached hydrogens (tertiary/aromatic N) is 1. The topological polar surface area (TPSA) is 106 Å². The van der Waals surface area contributed by atoms with E-state index in [2.05, 4.69) is 10.6 Å². The summed E-state index contributed by atoms with van der Waals surface area (Å²) >= 11 is 6.12. The van der Waals surface area contributed by atoms with Crippen molar-refractivity contribution in [1.29, 1.82) is 0 Å².